The van der Waals surface area contributed by atoms with Crippen LogP contribution in [-0.2, 0) is 9.53 Å². The van der Waals surface area contributed by atoms with Crippen LogP contribution < -0.4 is 5.32 Å². The molecule has 0 aliphatic carbocycles. The average Bonchev–Trinajstić information content (AvgIpc) is 2.36. The van der Waals surface area contributed by atoms with Gasteiger partial charge in [-0.1, -0.05) is 12.1 Å². The minimum absolute atomic E-state index is 0.233. The summed E-state index contributed by atoms with van der Waals surface area (Å²) in [5, 5.41) is 2.72. The molecule has 1 aromatic carbocycles. The van der Waals surface area contributed by atoms with Crippen molar-refractivity contribution < 1.29 is 14.3 Å². The molecule has 0 heterocycles. The molecule has 0 bridgehead atoms. The second kappa shape index (κ2) is 7.75. The molecule has 0 radical (unpaired) electrons. The molecule has 1 amide bonds. The van der Waals surface area contributed by atoms with Crippen molar-refractivity contribution in [1.82, 2.24) is 4.90 Å². The number of esters is 1. The lowest BCUT2D eigenvalue weighted by Gasteiger charge is -2.19. The number of benzene rings is 1. The Kier molecular flexibility index (Phi) is 6.31. The smallest absolute Gasteiger partial charge is 0.338 e. The Hall–Kier alpha value is -2.14. The fraction of sp³-hybridized carbons (Fsp3) is 0.412. The maximum Gasteiger partial charge on any atom is 0.338 e. The predicted molar refractivity (Wildman–Crippen MR) is 87.9 cm³/mol. The minimum Gasteiger partial charge on any atom is -0.456 e. The zero-order chi connectivity index (χ0) is 16.8. The van der Waals surface area contributed by atoms with E-state index in [1.807, 2.05) is 39.8 Å². The van der Waals surface area contributed by atoms with Crippen molar-refractivity contribution in [3.63, 3.8) is 0 Å². The van der Waals surface area contributed by atoms with Crippen LogP contribution >= 0.6 is 0 Å². The average molecular weight is 304 g/mol. The van der Waals surface area contributed by atoms with Crippen LogP contribution in [0.15, 0.2) is 36.4 Å². The first-order valence-corrected chi connectivity index (χ1v) is 7.13. The van der Waals surface area contributed by atoms with Gasteiger partial charge >= 0.3 is 5.97 Å². The van der Waals surface area contributed by atoms with Gasteiger partial charge in [-0.25, -0.2) is 4.79 Å². The molecule has 0 unspecified atom stereocenters. The number of carbonyl (C=O) groups is 2. The van der Waals surface area contributed by atoms with Crippen molar-refractivity contribution in [2.45, 2.75) is 26.4 Å². The van der Waals surface area contributed by atoms with Crippen LogP contribution in [0.4, 0.5) is 5.69 Å². The summed E-state index contributed by atoms with van der Waals surface area (Å²) in [6.07, 6.45) is 3.24. The van der Waals surface area contributed by atoms with E-state index < -0.39 is 11.6 Å². The van der Waals surface area contributed by atoms with E-state index in [9.17, 15) is 9.59 Å². The molecule has 0 fully saturated rings. The highest BCUT2D eigenvalue weighted by atomic mass is 16.6. The molecular formula is C17H24N2O3. The van der Waals surface area contributed by atoms with E-state index in [4.69, 9.17) is 4.74 Å². The Balaban J connectivity index is 2.70. The minimum atomic E-state index is -0.550. The van der Waals surface area contributed by atoms with Crippen molar-refractivity contribution in [3.05, 3.63) is 42.0 Å². The van der Waals surface area contributed by atoms with Crippen LogP contribution in [0.3, 0.4) is 0 Å². The molecule has 0 saturated carbocycles. The Labute approximate surface area is 132 Å². The molecule has 1 aromatic rings. The molecule has 120 valence electrons. The molecule has 0 saturated heterocycles. The quantitative estimate of drug-likeness (QED) is 0.671. The highest BCUT2D eigenvalue weighted by Gasteiger charge is 2.18. The van der Waals surface area contributed by atoms with Crippen LogP contribution in [0.1, 0.15) is 31.1 Å². The van der Waals surface area contributed by atoms with E-state index in [0.29, 0.717) is 17.8 Å². The second-order valence-electron chi connectivity index (χ2n) is 6.24. The summed E-state index contributed by atoms with van der Waals surface area (Å²) in [6.45, 7) is 6.12. The number of rotatable bonds is 5. The molecule has 5 heteroatoms. The maximum absolute atomic E-state index is 12.0. The highest BCUT2D eigenvalue weighted by molar-refractivity contribution is 6.00. The van der Waals surface area contributed by atoms with Gasteiger partial charge in [0.15, 0.2) is 0 Å². The first kappa shape index (κ1) is 17.9. The molecular weight excluding hydrogens is 280 g/mol. The van der Waals surface area contributed by atoms with E-state index in [-0.39, 0.29) is 5.91 Å². The number of likely N-dealkylation sites (N-methyl/N-ethyl adjacent to an activating group) is 1. The van der Waals surface area contributed by atoms with E-state index in [2.05, 4.69) is 5.32 Å². The van der Waals surface area contributed by atoms with Gasteiger partial charge in [-0.3, -0.25) is 4.79 Å². The number of amides is 1. The third kappa shape index (κ3) is 7.04. The lowest BCUT2D eigenvalue weighted by atomic mass is 10.1. The monoisotopic (exact) mass is 304 g/mol. The van der Waals surface area contributed by atoms with Gasteiger partial charge in [0, 0.05) is 18.3 Å². The van der Waals surface area contributed by atoms with Crippen LogP contribution in [0.2, 0.25) is 0 Å². The van der Waals surface area contributed by atoms with Crippen molar-refractivity contribution in [3.8, 4) is 0 Å². The van der Waals surface area contributed by atoms with E-state index >= 15 is 0 Å². The Morgan fingerprint density at radius 2 is 1.95 bits per heavy atom. The largest absolute Gasteiger partial charge is 0.456 e. The molecule has 0 aliphatic heterocycles. The maximum atomic E-state index is 12.0. The van der Waals surface area contributed by atoms with E-state index in [1.54, 1.807) is 30.3 Å². The fourth-order valence-electron chi connectivity index (χ4n) is 1.62. The standard InChI is InChI=1S/C17H24N2O3/c1-17(2,3)22-16(21)13-8-6-9-14(12-13)18-15(20)10-7-11-19(4)5/h6-10,12H,11H2,1-5H3,(H,18,20)/b10-7+. The number of ether oxygens (including phenoxy) is 1. The SMILES string of the molecule is CN(C)C/C=C/C(=O)Nc1cccc(C(=O)OC(C)(C)C)c1. The van der Waals surface area contributed by atoms with Gasteiger partial charge in [0.1, 0.15) is 5.60 Å². The van der Waals surface area contributed by atoms with Crippen molar-refractivity contribution in [2.75, 3.05) is 26.0 Å². The van der Waals surface area contributed by atoms with Crippen LogP contribution in [0.25, 0.3) is 0 Å². The summed E-state index contributed by atoms with van der Waals surface area (Å²) >= 11 is 0. The number of carbonyl (C=O) groups excluding carboxylic acids is 2. The first-order valence-electron chi connectivity index (χ1n) is 7.13. The molecule has 0 atom stereocenters. The Morgan fingerprint density at radius 3 is 2.55 bits per heavy atom. The van der Waals surface area contributed by atoms with Crippen LogP contribution in [-0.4, -0.2) is 43.0 Å². The molecule has 0 aromatic heterocycles. The van der Waals surface area contributed by atoms with Gasteiger partial charge in [0.25, 0.3) is 0 Å². The van der Waals surface area contributed by atoms with Gasteiger partial charge in [0.05, 0.1) is 5.56 Å². The Bertz CT molecular complexity index is 557. The van der Waals surface area contributed by atoms with E-state index in [1.165, 1.54) is 6.08 Å². The summed E-state index contributed by atoms with van der Waals surface area (Å²) in [5.41, 5.74) is 0.415. The van der Waals surface area contributed by atoms with Gasteiger partial charge in [-0.05, 0) is 53.1 Å². The molecule has 0 aliphatic rings. The molecule has 5 nitrogen and oxygen atoms in total. The van der Waals surface area contributed by atoms with Crippen LogP contribution in [0, 0.1) is 0 Å². The fourth-order valence-corrected chi connectivity index (χ4v) is 1.62. The number of hydrogen-bond donors (Lipinski definition) is 1. The number of nitrogens with zero attached hydrogens (tertiary/aromatic N) is 1. The summed E-state index contributed by atoms with van der Waals surface area (Å²) < 4.78 is 5.30. The topological polar surface area (TPSA) is 58.6 Å². The second-order valence-corrected chi connectivity index (χ2v) is 6.24. The van der Waals surface area contributed by atoms with Crippen molar-refractivity contribution in [1.29, 1.82) is 0 Å². The zero-order valence-electron chi connectivity index (χ0n) is 13.8. The van der Waals surface area contributed by atoms with Gasteiger partial charge in [0.2, 0.25) is 5.91 Å². The molecule has 1 rings (SSSR count). The molecule has 22 heavy (non-hydrogen) atoms. The van der Waals surface area contributed by atoms with E-state index in [0.717, 1.165) is 0 Å². The third-order valence-electron chi connectivity index (χ3n) is 2.50. The molecule has 1 N–H and O–H groups in total. The lowest BCUT2D eigenvalue weighted by molar-refractivity contribution is -0.111. The lowest BCUT2D eigenvalue weighted by Crippen LogP contribution is -2.24. The summed E-state index contributed by atoms with van der Waals surface area (Å²) in [4.78, 5) is 25.7. The number of hydrogen-bond acceptors (Lipinski definition) is 4. The highest BCUT2D eigenvalue weighted by Crippen LogP contribution is 2.15. The van der Waals surface area contributed by atoms with Crippen molar-refractivity contribution >= 4 is 17.6 Å². The summed E-state index contributed by atoms with van der Waals surface area (Å²) in [5.74, 6) is -0.644. The Morgan fingerprint density at radius 1 is 1.27 bits per heavy atom. The predicted octanol–water partition coefficient (Wildman–Crippen LogP) is 2.70. The number of nitrogens with one attached hydrogen (secondary N) is 1. The van der Waals surface area contributed by atoms with Crippen molar-refractivity contribution in [2.24, 2.45) is 0 Å². The number of anilines is 1. The summed E-state index contributed by atoms with van der Waals surface area (Å²) in [7, 11) is 3.85. The van der Waals surface area contributed by atoms with Gasteiger partial charge < -0.3 is 15.0 Å². The third-order valence-corrected chi connectivity index (χ3v) is 2.50. The summed E-state index contributed by atoms with van der Waals surface area (Å²) in [6, 6.07) is 6.70. The first-order chi connectivity index (χ1) is 10.2. The molecule has 0 spiro atoms. The van der Waals surface area contributed by atoms with Gasteiger partial charge in [-0.2, -0.15) is 0 Å². The van der Waals surface area contributed by atoms with Gasteiger partial charge in [-0.15, -0.1) is 0 Å². The normalized spacial score (nSPS) is 11.7. The van der Waals surface area contributed by atoms with Crippen LogP contribution in [0.5, 0.6) is 0 Å². The zero-order valence-corrected chi connectivity index (χ0v) is 13.8.